The molecule has 0 aliphatic carbocycles. The first-order valence-corrected chi connectivity index (χ1v) is 6.85. The third kappa shape index (κ3) is 4.08. The van der Waals surface area contributed by atoms with Crippen molar-refractivity contribution < 1.29 is 13.9 Å². The van der Waals surface area contributed by atoms with Crippen molar-refractivity contribution in [3.63, 3.8) is 0 Å². The maximum atomic E-state index is 12.0. The molecule has 5 heteroatoms. The van der Waals surface area contributed by atoms with Crippen molar-refractivity contribution in [1.29, 1.82) is 0 Å². The Bertz CT molecular complexity index is 391. The lowest BCUT2D eigenvalue weighted by Crippen LogP contribution is -2.47. The lowest BCUT2D eigenvalue weighted by molar-refractivity contribution is -0.125. The standard InChI is InChI=1S/C14H22N2O3/c1-3-12-9-16(6-8-18-12)10-14(17)15-11(2)13-5-4-7-19-13/h4-5,7,11-12H,3,6,8-10H2,1-2H3,(H,15,17). The van der Waals surface area contributed by atoms with Crippen LogP contribution in [0.2, 0.25) is 0 Å². The maximum Gasteiger partial charge on any atom is 0.234 e. The van der Waals surface area contributed by atoms with Gasteiger partial charge in [-0.15, -0.1) is 0 Å². The summed E-state index contributed by atoms with van der Waals surface area (Å²) >= 11 is 0. The van der Waals surface area contributed by atoms with Crippen molar-refractivity contribution >= 4 is 5.91 Å². The van der Waals surface area contributed by atoms with E-state index in [-0.39, 0.29) is 18.1 Å². The largest absolute Gasteiger partial charge is 0.467 e. The Hall–Kier alpha value is -1.33. The van der Waals surface area contributed by atoms with Gasteiger partial charge in [0.15, 0.2) is 0 Å². The van der Waals surface area contributed by atoms with Gasteiger partial charge in [0.2, 0.25) is 5.91 Å². The van der Waals surface area contributed by atoms with Gasteiger partial charge in [-0.25, -0.2) is 0 Å². The van der Waals surface area contributed by atoms with E-state index in [4.69, 9.17) is 9.15 Å². The molecule has 1 aliphatic heterocycles. The minimum atomic E-state index is -0.0921. The molecule has 1 saturated heterocycles. The van der Waals surface area contributed by atoms with Crippen LogP contribution in [0.15, 0.2) is 22.8 Å². The zero-order chi connectivity index (χ0) is 13.7. The molecule has 2 atom stereocenters. The second-order valence-electron chi connectivity index (χ2n) is 4.94. The number of hydrogen-bond donors (Lipinski definition) is 1. The van der Waals surface area contributed by atoms with E-state index in [0.717, 1.165) is 25.3 Å². The number of furan rings is 1. The Kier molecular flexibility index (Phi) is 4.99. The van der Waals surface area contributed by atoms with Crippen LogP contribution in [-0.4, -0.2) is 43.2 Å². The summed E-state index contributed by atoms with van der Waals surface area (Å²) in [6.07, 6.45) is 2.86. The number of ether oxygens (including phenoxy) is 1. The molecule has 5 nitrogen and oxygen atoms in total. The molecule has 0 spiro atoms. The fourth-order valence-electron chi connectivity index (χ4n) is 2.27. The van der Waals surface area contributed by atoms with Crippen molar-refractivity contribution in [1.82, 2.24) is 10.2 Å². The van der Waals surface area contributed by atoms with E-state index in [1.54, 1.807) is 6.26 Å². The van der Waals surface area contributed by atoms with E-state index < -0.39 is 0 Å². The molecule has 2 rings (SSSR count). The summed E-state index contributed by atoms with van der Waals surface area (Å²) in [5.41, 5.74) is 0. The first-order valence-electron chi connectivity index (χ1n) is 6.85. The smallest absolute Gasteiger partial charge is 0.234 e. The number of hydrogen-bond acceptors (Lipinski definition) is 4. The molecular formula is C14H22N2O3. The van der Waals surface area contributed by atoms with Crippen molar-refractivity contribution in [2.45, 2.75) is 32.4 Å². The molecule has 1 N–H and O–H groups in total. The number of carbonyl (C=O) groups is 1. The van der Waals surface area contributed by atoms with Crippen LogP contribution in [-0.2, 0) is 9.53 Å². The van der Waals surface area contributed by atoms with E-state index in [1.807, 2.05) is 19.1 Å². The molecule has 0 aromatic carbocycles. The molecule has 2 unspecified atom stereocenters. The lowest BCUT2D eigenvalue weighted by Gasteiger charge is -2.32. The number of nitrogens with one attached hydrogen (secondary N) is 1. The van der Waals surface area contributed by atoms with Crippen LogP contribution in [0.3, 0.4) is 0 Å². The van der Waals surface area contributed by atoms with Crippen LogP contribution in [0.4, 0.5) is 0 Å². The summed E-state index contributed by atoms with van der Waals surface area (Å²) in [7, 11) is 0. The summed E-state index contributed by atoms with van der Waals surface area (Å²) in [5, 5.41) is 2.95. The van der Waals surface area contributed by atoms with Crippen LogP contribution in [0.5, 0.6) is 0 Å². The van der Waals surface area contributed by atoms with E-state index in [1.165, 1.54) is 0 Å². The van der Waals surface area contributed by atoms with Gasteiger partial charge in [0.05, 0.1) is 31.6 Å². The molecule has 0 bridgehead atoms. The van der Waals surface area contributed by atoms with Crippen molar-refractivity contribution in [2.24, 2.45) is 0 Å². The van der Waals surface area contributed by atoms with Crippen molar-refractivity contribution in [3.8, 4) is 0 Å². The number of amides is 1. The van der Waals surface area contributed by atoms with Gasteiger partial charge < -0.3 is 14.5 Å². The molecule has 19 heavy (non-hydrogen) atoms. The highest BCUT2D eigenvalue weighted by Gasteiger charge is 2.21. The molecule has 0 radical (unpaired) electrons. The van der Waals surface area contributed by atoms with Crippen LogP contribution >= 0.6 is 0 Å². The van der Waals surface area contributed by atoms with Gasteiger partial charge in [0.25, 0.3) is 0 Å². The molecule has 1 amide bonds. The molecule has 1 aliphatic rings. The predicted octanol–water partition coefficient (Wildman–Crippen LogP) is 1.57. The number of nitrogens with zero attached hydrogens (tertiary/aromatic N) is 1. The highest BCUT2D eigenvalue weighted by molar-refractivity contribution is 5.78. The van der Waals surface area contributed by atoms with Gasteiger partial charge in [0, 0.05) is 13.1 Å². The average Bonchev–Trinajstić information content (AvgIpc) is 2.92. The topological polar surface area (TPSA) is 54.7 Å². The van der Waals surface area contributed by atoms with Gasteiger partial charge in [-0.05, 0) is 25.5 Å². The number of rotatable bonds is 5. The third-order valence-electron chi connectivity index (χ3n) is 3.39. The van der Waals surface area contributed by atoms with Gasteiger partial charge in [0.1, 0.15) is 5.76 Å². The zero-order valence-electron chi connectivity index (χ0n) is 11.6. The Morgan fingerprint density at radius 2 is 2.47 bits per heavy atom. The average molecular weight is 266 g/mol. The van der Waals surface area contributed by atoms with Gasteiger partial charge in [-0.2, -0.15) is 0 Å². The zero-order valence-corrected chi connectivity index (χ0v) is 11.6. The highest BCUT2D eigenvalue weighted by atomic mass is 16.5. The minimum Gasteiger partial charge on any atom is -0.467 e. The fourth-order valence-corrected chi connectivity index (χ4v) is 2.27. The Morgan fingerprint density at radius 3 is 3.16 bits per heavy atom. The number of morpholine rings is 1. The Labute approximate surface area is 113 Å². The lowest BCUT2D eigenvalue weighted by atomic mass is 10.2. The van der Waals surface area contributed by atoms with E-state index in [2.05, 4.69) is 17.1 Å². The Morgan fingerprint density at radius 1 is 1.63 bits per heavy atom. The molecule has 1 fully saturated rings. The first kappa shape index (κ1) is 14.1. The van der Waals surface area contributed by atoms with Crippen LogP contribution in [0.1, 0.15) is 32.1 Å². The molecule has 1 aromatic rings. The fraction of sp³-hybridized carbons (Fsp3) is 0.643. The second kappa shape index (κ2) is 6.73. The highest BCUT2D eigenvalue weighted by Crippen LogP contribution is 2.12. The third-order valence-corrected chi connectivity index (χ3v) is 3.39. The van der Waals surface area contributed by atoms with E-state index >= 15 is 0 Å². The summed E-state index contributed by atoms with van der Waals surface area (Å²) in [4.78, 5) is 14.1. The first-order chi connectivity index (χ1) is 9.19. The summed E-state index contributed by atoms with van der Waals surface area (Å²) in [6, 6.07) is 3.60. The molecule has 106 valence electrons. The van der Waals surface area contributed by atoms with Crippen LogP contribution in [0, 0.1) is 0 Å². The van der Waals surface area contributed by atoms with Gasteiger partial charge in [-0.3, -0.25) is 9.69 Å². The van der Waals surface area contributed by atoms with Crippen molar-refractivity contribution in [2.75, 3.05) is 26.2 Å². The van der Waals surface area contributed by atoms with Crippen LogP contribution < -0.4 is 5.32 Å². The van der Waals surface area contributed by atoms with Gasteiger partial charge in [-0.1, -0.05) is 6.92 Å². The molecule has 2 heterocycles. The maximum absolute atomic E-state index is 12.0. The monoisotopic (exact) mass is 266 g/mol. The molecular weight excluding hydrogens is 244 g/mol. The molecule has 0 saturated carbocycles. The summed E-state index contributed by atoms with van der Waals surface area (Å²) in [6.45, 7) is 6.81. The summed E-state index contributed by atoms with van der Waals surface area (Å²) in [5.74, 6) is 0.808. The predicted molar refractivity (Wildman–Crippen MR) is 71.7 cm³/mol. The second-order valence-corrected chi connectivity index (χ2v) is 4.94. The number of carbonyl (C=O) groups excluding carboxylic acids is 1. The van der Waals surface area contributed by atoms with Crippen LogP contribution in [0.25, 0.3) is 0 Å². The molecule has 1 aromatic heterocycles. The summed E-state index contributed by atoms with van der Waals surface area (Å²) < 4.78 is 10.9. The SMILES string of the molecule is CCC1CN(CC(=O)NC(C)c2ccco2)CCO1. The minimum absolute atomic E-state index is 0.0284. The van der Waals surface area contributed by atoms with Gasteiger partial charge >= 0.3 is 0 Å². The normalized spacial score (nSPS) is 22.1. The van der Waals surface area contributed by atoms with E-state index in [9.17, 15) is 4.79 Å². The quantitative estimate of drug-likeness (QED) is 0.879. The van der Waals surface area contributed by atoms with E-state index in [0.29, 0.717) is 13.2 Å². The van der Waals surface area contributed by atoms with Crippen molar-refractivity contribution in [3.05, 3.63) is 24.2 Å². The Balaban J connectivity index is 1.77.